The van der Waals surface area contributed by atoms with Gasteiger partial charge in [0.05, 0.1) is 9.89 Å². The minimum absolute atomic E-state index is 0.518. The molecule has 102 valence electrons. The molecule has 1 aromatic heterocycles. The molecule has 2 rings (SSSR count). The highest BCUT2D eigenvalue weighted by Gasteiger charge is 2.11. The second kappa shape index (κ2) is 6.52. The molecule has 0 aliphatic carbocycles. The van der Waals surface area contributed by atoms with E-state index in [1.165, 1.54) is 5.56 Å². The number of nitrogens with two attached hydrogens (primary N) is 1. The fourth-order valence-corrected chi connectivity index (χ4v) is 3.17. The Bertz CT molecular complexity index is 544. The van der Waals surface area contributed by atoms with Crippen LogP contribution < -0.4 is 5.73 Å². The van der Waals surface area contributed by atoms with E-state index in [9.17, 15) is 5.11 Å². The summed E-state index contributed by atoms with van der Waals surface area (Å²) in [6.07, 6.45) is -0.518. The van der Waals surface area contributed by atoms with Crippen LogP contribution in [0.15, 0.2) is 39.5 Å². The number of anilines is 1. The van der Waals surface area contributed by atoms with Gasteiger partial charge in [0, 0.05) is 18.8 Å². The summed E-state index contributed by atoms with van der Waals surface area (Å²) in [4.78, 5) is 2.10. The van der Waals surface area contributed by atoms with Crippen LogP contribution in [0.4, 0.5) is 5.69 Å². The van der Waals surface area contributed by atoms with Gasteiger partial charge in [0.1, 0.15) is 0 Å². The van der Waals surface area contributed by atoms with Crippen LogP contribution in [-0.2, 0) is 6.54 Å². The number of aliphatic hydroxyl groups is 1. The number of rotatable bonds is 5. The van der Waals surface area contributed by atoms with E-state index in [1.807, 2.05) is 31.3 Å². The van der Waals surface area contributed by atoms with Crippen molar-refractivity contribution < 1.29 is 5.11 Å². The highest BCUT2D eigenvalue weighted by atomic mass is 79.9. The number of nitrogens with zero attached hydrogens (tertiary/aromatic N) is 1. The summed E-state index contributed by atoms with van der Waals surface area (Å²) in [7, 11) is 2.00. The van der Waals surface area contributed by atoms with E-state index in [0.717, 1.165) is 15.9 Å². The summed E-state index contributed by atoms with van der Waals surface area (Å²) < 4.78 is 1.13. The van der Waals surface area contributed by atoms with Crippen molar-refractivity contribution in [2.75, 3.05) is 19.3 Å². The lowest BCUT2D eigenvalue weighted by molar-refractivity contribution is 0.124. The molecule has 2 aromatic rings. The van der Waals surface area contributed by atoms with Gasteiger partial charge in [0.15, 0.2) is 0 Å². The van der Waals surface area contributed by atoms with E-state index in [0.29, 0.717) is 12.2 Å². The van der Waals surface area contributed by atoms with Gasteiger partial charge < -0.3 is 10.8 Å². The topological polar surface area (TPSA) is 49.5 Å². The molecule has 0 bridgehead atoms. The summed E-state index contributed by atoms with van der Waals surface area (Å²) in [5.74, 6) is 0. The number of thiophene rings is 1. The van der Waals surface area contributed by atoms with Crippen molar-refractivity contribution in [2.24, 2.45) is 0 Å². The van der Waals surface area contributed by atoms with Gasteiger partial charge in [-0.15, -0.1) is 11.3 Å². The van der Waals surface area contributed by atoms with Crippen molar-refractivity contribution >= 4 is 33.0 Å². The first-order valence-corrected chi connectivity index (χ1v) is 7.67. The van der Waals surface area contributed by atoms with Gasteiger partial charge in [-0.1, -0.05) is 12.1 Å². The van der Waals surface area contributed by atoms with E-state index in [4.69, 9.17) is 5.73 Å². The monoisotopic (exact) mass is 340 g/mol. The summed E-state index contributed by atoms with van der Waals surface area (Å²) in [5, 5.41) is 12.3. The van der Waals surface area contributed by atoms with Crippen molar-refractivity contribution in [2.45, 2.75) is 12.6 Å². The minimum atomic E-state index is -0.518. The van der Waals surface area contributed by atoms with Crippen molar-refractivity contribution in [3.63, 3.8) is 0 Å². The number of likely N-dealkylation sites (N-methyl/N-ethyl adjacent to an activating group) is 1. The maximum Gasteiger partial charge on any atom is 0.0917 e. The SMILES string of the molecule is CN(Cc1csc(Br)c1)CC(O)c1cccc(N)c1. The van der Waals surface area contributed by atoms with E-state index >= 15 is 0 Å². The third kappa shape index (κ3) is 4.31. The smallest absolute Gasteiger partial charge is 0.0917 e. The Balaban J connectivity index is 1.93. The molecule has 0 amide bonds. The third-order valence-electron chi connectivity index (χ3n) is 2.85. The molecule has 1 atom stereocenters. The van der Waals surface area contributed by atoms with Gasteiger partial charge in [-0.05, 0) is 57.7 Å². The maximum absolute atomic E-state index is 10.2. The van der Waals surface area contributed by atoms with Crippen molar-refractivity contribution in [1.29, 1.82) is 0 Å². The quantitative estimate of drug-likeness (QED) is 0.821. The number of benzene rings is 1. The molecule has 0 aliphatic rings. The van der Waals surface area contributed by atoms with E-state index in [1.54, 1.807) is 11.3 Å². The van der Waals surface area contributed by atoms with Gasteiger partial charge in [-0.2, -0.15) is 0 Å². The predicted octanol–water partition coefficient (Wildman–Crippen LogP) is 3.26. The average molecular weight is 341 g/mol. The van der Waals surface area contributed by atoms with E-state index < -0.39 is 6.10 Å². The lowest BCUT2D eigenvalue weighted by atomic mass is 10.1. The number of hydrogen-bond acceptors (Lipinski definition) is 4. The Labute approximate surface area is 125 Å². The molecule has 0 saturated carbocycles. The Morgan fingerprint density at radius 1 is 1.42 bits per heavy atom. The summed E-state index contributed by atoms with van der Waals surface area (Å²) >= 11 is 5.13. The molecule has 3 nitrogen and oxygen atoms in total. The largest absolute Gasteiger partial charge is 0.399 e. The van der Waals surface area contributed by atoms with Crippen LogP contribution in [0.2, 0.25) is 0 Å². The molecule has 0 radical (unpaired) electrons. The summed E-state index contributed by atoms with van der Waals surface area (Å²) in [6.45, 7) is 1.40. The Morgan fingerprint density at radius 3 is 2.84 bits per heavy atom. The number of aliphatic hydroxyl groups excluding tert-OH is 1. The standard InChI is InChI=1S/C14H17BrN2OS/c1-17(7-10-5-14(15)19-9-10)8-13(18)11-3-2-4-12(16)6-11/h2-6,9,13,18H,7-8,16H2,1H3. The van der Waals surface area contributed by atoms with Crippen LogP contribution >= 0.6 is 27.3 Å². The molecule has 3 N–H and O–H groups in total. The zero-order valence-electron chi connectivity index (χ0n) is 10.7. The van der Waals surface area contributed by atoms with Crippen LogP contribution in [0, 0.1) is 0 Å². The Hall–Kier alpha value is -0.880. The zero-order chi connectivity index (χ0) is 13.8. The fraction of sp³-hybridized carbons (Fsp3) is 0.286. The van der Waals surface area contributed by atoms with Gasteiger partial charge in [-0.25, -0.2) is 0 Å². The number of nitrogen functional groups attached to an aromatic ring is 1. The second-order valence-corrected chi connectivity index (χ2v) is 6.93. The lowest BCUT2D eigenvalue weighted by Crippen LogP contribution is -2.24. The van der Waals surface area contributed by atoms with Crippen molar-refractivity contribution in [3.05, 3.63) is 50.6 Å². The van der Waals surface area contributed by atoms with Crippen LogP contribution in [0.1, 0.15) is 17.2 Å². The summed E-state index contributed by atoms with van der Waals surface area (Å²) in [6, 6.07) is 9.51. The molecule has 0 aliphatic heterocycles. The fourth-order valence-electron chi connectivity index (χ4n) is 1.97. The normalized spacial score (nSPS) is 12.8. The van der Waals surface area contributed by atoms with Crippen molar-refractivity contribution in [1.82, 2.24) is 4.90 Å². The first-order valence-electron chi connectivity index (χ1n) is 5.99. The van der Waals surface area contributed by atoms with Crippen LogP contribution in [0.5, 0.6) is 0 Å². The molecule has 0 fully saturated rings. The first kappa shape index (κ1) is 14.5. The molecule has 1 heterocycles. The molecule has 19 heavy (non-hydrogen) atoms. The van der Waals surface area contributed by atoms with Gasteiger partial charge in [-0.3, -0.25) is 4.90 Å². The van der Waals surface area contributed by atoms with Gasteiger partial charge in [0.2, 0.25) is 0 Å². The van der Waals surface area contributed by atoms with Crippen LogP contribution in [0.25, 0.3) is 0 Å². The van der Waals surface area contributed by atoms with E-state index in [-0.39, 0.29) is 0 Å². The highest BCUT2D eigenvalue weighted by molar-refractivity contribution is 9.11. The molecular formula is C14H17BrN2OS. The zero-order valence-corrected chi connectivity index (χ0v) is 13.1. The van der Waals surface area contributed by atoms with Gasteiger partial charge in [0.25, 0.3) is 0 Å². The Morgan fingerprint density at radius 2 is 2.21 bits per heavy atom. The van der Waals surface area contributed by atoms with Crippen LogP contribution in [0.3, 0.4) is 0 Å². The second-order valence-electron chi connectivity index (χ2n) is 4.64. The van der Waals surface area contributed by atoms with Crippen molar-refractivity contribution in [3.8, 4) is 0 Å². The number of hydrogen-bond donors (Lipinski definition) is 2. The molecule has 5 heteroatoms. The van der Waals surface area contributed by atoms with Gasteiger partial charge >= 0.3 is 0 Å². The number of halogens is 1. The molecule has 0 saturated heterocycles. The highest BCUT2D eigenvalue weighted by Crippen LogP contribution is 2.22. The predicted molar refractivity (Wildman–Crippen MR) is 84.2 cm³/mol. The molecule has 0 spiro atoms. The summed E-state index contributed by atoms with van der Waals surface area (Å²) in [5.41, 5.74) is 8.52. The molecule has 1 aromatic carbocycles. The maximum atomic E-state index is 10.2. The molecular weight excluding hydrogens is 324 g/mol. The van der Waals surface area contributed by atoms with E-state index in [2.05, 4.69) is 32.3 Å². The Kier molecular flexibility index (Phi) is 4.99. The third-order valence-corrected chi connectivity index (χ3v) is 4.41. The average Bonchev–Trinajstić information content (AvgIpc) is 2.74. The molecule has 1 unspecified atom stereocenters. The first-order chi connectivity index (χ1) is 9.04. The minimum Gasteiger partial charge on any atom is -0.399 e. The lowest BCUT2D eigenvalue weighted by Gasteiger charge is -2.20. The van der Waals surface area contributed by atoms with Crippen LogP contribution in [-0.4, -0.2) is 23.6 Å².